The molecule has 1 saturated carbocycles. The minimum absolute atomic E-state index is 0.00915. The first-order chi connectivity index (χ1) is 34.9. The molecule has 0 radical (unpaired) electrons. The number of nitrogens with zero attached hydrogens (tertiary/aromatic N) is 3. The average molecular weight is 974 g/mol. The summed E-state index contributed by atoms with van der Waals surface area (Å²) in [6.07, 6.45) is 7.71. The van der Waals surface area contributed by atoms with Gasteiger partial charge in [-0.3, -0.25) is 15.0 Å². The number of rotatable bonds is 19. The first-order valence-corrected chi connectivity index (χ1v) is 25.0. The summed E-state index contributed by atoms with van der Waals surface area (Å²) in [5.41, 5.74) is 2.45. The van der Waals surface area contributed by atoms with Crippen molar-refractivity contribution in [2.24, 2.45) is 22.9 Å². The van der Waals surface area contributed by atoms with Crippen LogP contribution in [0.1, 0.15) is 82.8 Å². The second-order valence-electron chi connectivity index (χ2n) is 20.0. The van der Waals surface area contributed by atoms with E-state index >= 15 is 4.79 Å². The molecule has 0 unspecified atom stereocenters. The van der Waals surface area contributed by atoms with Crippen molar-refractivity contribution in [2.75, 3.05) is 19.8 Å². The van der Waals surface area contributed by atoms with Crippen molar-refractivity contribution in [3.8, 4) is 23.0 Å². The largest absolute Gasteiger partial charge is 0.459 e. The Hall–Kier alpha value is -7.06. The van der Waals surface area contributed by atoms with Crippen LogP contribution in [0.15, 0.2) is 157 Å². The summed E-state index contributed by atoms with van der Waals surface area (Å²) in [4.78, 5) is 34.6. The summed E-state index contributed by atoms with van der Waals surface area (Å²) in [5, 5.41) is 40.9. The molecule has 6 atom stereocenters. The van der Waals surface area contributed by atoms with Crippen LogP contribution in [0.25, 0.3) is 21.5 Å². The number of ether oxygens (including phenoxy) is 4. The number of benzene rings is 6. The van der Waals surface area contributed by atoms with Gasteiger partial charge in [0.2, 0.25) is 5.79 Å². The Balaban J connectivity index is 1.26. The van der Waals surface area contributed by atoms with Gasteiger partial charge in [-0.2, -0.15) is 0 Å². The molecule has 1 heterocycles. The van der Waals surface area contributed by atoms with Crippen molar-refractivity contribution in [3.63, 3.8) is 0 Å². The van der Waals surface area contributed by atoms with Crippen LogP contribution in [0, 0.1) is 27.9 Å². The predicted molar refractivity (Wildman–Crippen MR) is 278 cm³/mol. The molecule has 0 aromatic heterocycles. The number of aliphatic hydroxyl groups excluding tert-OH is 2. The quantitative estimate of drug-likeness (QED) is 0.0346. The third-order valence-electron chi connectivity index (χ3n) is 14.1. The topological polar surface area (TPSA) is 162 Å². The monoisotopic (exact) mass is 973 g/mol. The molecule has 1 amide bonds. The van der Waals surface area contributed by atoms with Crippen LogP contribution < -0.4 is 14.2 Å². The Morgan fingerprint density at radius 3 is 2.26 bits per heavy atom. The van der Waals surface area contributed by atoms with Crippen LogP contribution in [0.3, 0.4) is 0 Å². The molecule has 9 rings (SSSR count). The first-order valence-electron chi connectivity index (χ1n) is 25.0. The molecule has 72 heavy (non-hydrogen) atoms. The van der Waals surface area contributed by atoms with E-state index in [1.165, 1.54) is 24.3 Å². The highest BCUT2D eigenvalue weighted by atomic mass is 16.7. The van der Waals surface area contributed by atoms with E-state index in [-0.39, 0.29) is 62.0 Å². The number of carbonyl (C=O) groups excluding carboxylic acids is 1. The predicted octanol–water partition coefficient (Wildman–Crippen LogP) is 12.8. The number of fused-ring (bicyclic) bond motifs is 4. The summed E-state index contributed by atoms with van der Waals surface area (Å²) < 4.78 is 27.7. The second-order valence-corrected chi connectivity index (χ2v) is 20.0. The van der Waals surface area contributed by atoms with Gasteiger partial charge in [0.15, 0.2) is 0 Å². The second kappa shape index (κ2) is 21.7. The van der Waals surface area contributed by atoms with Crippen LogP contribution in [-0.2, 0) is 16.1 Å². The summed E-state index contributed by atoms with van der Waals surface area (Å²) in [5.74, 6) is -0.539. The zero-order chi connectivity index (χ0) is 50.4. The number of hydrogen-bond acceptors (Lipinski definition) is 11. The van der Waals surface area contributed by atoms with Crippen molar-refractivity contribution in [1.82, 2.24) is 4.90 Å². The van der Waals surface area contributed by atoms with E-state index in [0.717, 1.165) is 63.9 Å². The smallest absolute Gasteiger partial charge is 0.416 e. The zero-order valence-corrected chi connectivity index (χ0v) is 41.2. The number of hydrogen-bond donors (Lipinski definition) is 2. The van der Waals surface area contributed by atoms with E-state index in [1.54, 1.807) is 11.0 Å². The van der Waals surface area contributed by atoms with Crippen molar-refractivity contribution in [3.05, 3.63) is 173 Å². The maximum Gasteiger partial charge on any atom is 0.416 e. The molecule has 0 saturated heterocycles. The molecule has 2 aliphatic carbocycles. The molecular formula is C59H63N3O10. The molecular weight excluding hydrogens is 911 g/mol. The van der Waals surface area contributed by atoms with Gasteiger partial charge in [-0.05, 0) is 133 Å². The number of unbranched alkanes of at least 4 members (excludes halogenated alkanes) is 2. The number of nitro benzene ring substituents is 1. The molecule has 6 aromatic carbocycles. The molecule has 6 aromatic rings. The lowest BCUT2D eigenvalue weighted by molar-refractivity contribution is -0.384. The van der Waals surface area contributed by atoms with E-state index in [9.17, 15) is 20.3 Å². The van der Waals surface area contributed by atoms with Crippen LogP contribution in [0.2, 0.25) is 0 Å². The van der Waals surface area contributed by atoms with Crippen LogP contribution in [-0.4, -0.2) is 69.1 Å². The van der Waals surface area contributed by atoms with E-state index in [2.05, 4.69) is 30.9 Å². The molecule has 2 N–H and O–H groups in total. The maximum atomic E-state index is 15.4. The first kappa shape index (κ1) is 49.9. The standard InChI is InChI=1S/C59H63N3O10/c1-5-33-68-59-54(61(38-43-20-14-19-40-16-8-9-21-48(40)43)57(65)70-45-27-24-44(25-28-45)62(66)67)37-52(60-72-58(2,3)4)50-35-42(18-10-12-31-63)49(22-11-13-32-64)55(56(50)59)51-36-47(29-30-53(51)71-59)69-46-26-23-39-15-6-7-17-41(39)34-46/h5-9,14-17,19-21,23-30,34-36,42,49,54-56,63-64H,1,10-13,18,22,31-33,37-38H2,2-4H3/t42-,49+,54-,55+,56+,59+/m0/s1. The lowest BCUT2D eigenvalue weighted by atomic mass is 9.55. The minimum Gasteiger partial charge on any atom is -0.459 e. The highest BCUT2D eigenvalue weighted by Crippen LogP contribution is 2.62. The fourth-order valence-electron chi connectivity index (χ4n) is 11.0. The molecule has 13 nitrogen and oxygen atoms in total. The Kier molecular flexibility index (Phi) is 15.1. The summed E-state index contributed by atoms with van der Waals surface area (Å²) in [6.45, 7) is 10.1. The molecule has 3 aliphatic rings. The third kappa shape index (κ3) is 10.6. The van der Waals surface area contributed by atoms with E-state index < -0.39 is 34.4 Å². The minimum atomic E-state index is -1.59. The number of allylic oxidation sites excluding steroid dienone is 1. The number of nitro groups is 1. The Morgan fingerprint density at radius 2 is 1.53 bits per heavy atom. The van der Waals surface area contributed by atoms with Crippen molar-refractivity contribution in [2.45, 2.75) is 95.6 Å². The van der Waals surface area contributed by atoms with Gasteiger partial charge in [-0.15, -0.1) is 6.58 Å². The number of aliphatic hydroxyl groups is 2. The molecule has 0 spiro atoms. The molecule has 13 heteroatoms. The molecule has 374 valence electrons. The Bertz CT molecular complexity index is 2980. The highest BCUT2D eigenvalue weighted by molar-refractivity contribution is 6.03. The lowest BCUT2D eigenvalue weighted by Crippen LogP contribution is -2.70. The van der Waals surface area contributed by atoms with Gasteiger partial charge >= 0.3 is 6.09 Å². The van der Waals surface area contributed by atoms with E-state index in [1.807, 2.05) is 106 Å². The van der Waals surface area contributed by atoms with Crippen molar-refractivity contribution >= 4 is 39.0 Å². The summed E-state index contributed by atoms with van der Waals surface area (Å²) >= 11 is 0. The van der Waals surface area contributed by atoms with Gasteiger partial charge in [0.25, 0.3) is 5.69 Å². The Morgan fingerprint density at radius 1 is 0.847 bits per heavy atom. The van der Waals surface area contributed by atoms with Gasteiger partial charge in [-0.1, -0.05) is 103 Å². The van der Waals surface area contributed by atoms with E-state index in [0.29, 0.717) is 35.8 Å². The third-order valence-corrected chi connectivity index (χ3v) is 14.1. The van der Waals surface area contributed by atoms with E-state index in [4.69, 9.17) is 28.9 Å². The number of oxime groups is 1. The fourth-order valence-corrected chi connectivity index (χ4v) is 11.0. The molecule has 0 bridgehead atoms. The lowest BCUT2D eigenvalue weighted by Gasteiger charge is -2.60. The highest BCUT2D eigenvalue weighted by Gasteiger charge is 2.66. The molecule has 1 aliphatic heterocycles. The van der Waals surface area contributed by atoms with Crippen molar-refractivity contribution < 1.29 is 43.7 Å². The summed E-state index contributed by atoms with van der Waals surface area (Å²) in [7, 11) is 0. The zero-order valence-electron chi connectivity index (χ0n) is 41.2. The van der Waals surface area contributed by atoms with Crippen LogP contribution in [0.4, 0.5) is 10.5 Å². The Labute approximate surface area is 420 Å². The summed E-state index contributed by atoms with van der Waals surface area (Å²) in [6, 6.07) is 38.5. The van der Waals surface area contributed by atoms with Gasteiger partial charge in [0.05, 0.1) is 29.7 Å². The van der Waals surface area contributed by atoms with Gasteiger partial charge in [0.1, 0.15) is 34.6 Å². The average Bonchev–Trinajstić information content (AvgIpc) is 3.37. The molecule has 1 fully saturated rings. The number of amides is 1. The number of carbonyl (C=O) groups is 1. The number of non-ortho nitro benzene ring substituents is 1. The van der Waals surface area contributed by atoms with Gasteiger partial charge < -0.3 is 34.0 Å². The van der Waals surface area contributed by atoms with Gasteiger partial charge in [0, 0.05) is 43.2 Å². The normalized spacial score (nSPS) is 21.8. The van der Waals surface area contributed by atoms with Gasteiger partial charge in [-0.25, -0.2) is 4.79 Å². The SMILES string of the molecule is C=CCO[C@@]12Oc3ccc(Oc4ccc5ccccc5c4)cc3[C@H]3[C@H](CCCCO)[C@@H](CCCCO)C=C(C(=NOC(C)(C)C)C[C@@H]1N(Cc1cccc4ccccc14)C(=O)Oc1ccc([N+](=O)[O-])cc1)[C@H]32. The van der Waals surface area contributed by atoms with Crippen LogP contribution in [0.5, 0.6) is 23.0 Å². The van der Waals surface area contributed by atoms with Crippen molar-refractivity contribution in [1.29, 1.82) is 0 Å². The maximum absolute atomic E-state index is 15.4. The van der Waals surface area contributed by atoms with Crippen LogP contribution >= 0.6 is 0 Å². The fraction of sp³-hybridized carbons (Fsp3) is 0.356.